The molecule has 1 saturated carbocycles. The van der Waals surface area contributed by atoms with Crippen molar-refractivity contribution in [1.29, 1.82) is 0 Å². The van der Waals surface area contributed by atoms with Crippen LogP contribution in [-0.4, -0.2) is 46.3 Å². The van der Waals surface area contributed by atoms with E-state index < -0.39 is 0 Å². The highest BCUT2D eigenvalue weighted by molar-refractivity contribution is 8.00. The Kier molecular flexibility index (Phi) is 6.62. The van der Waals surface area contributed by atoms with E-state index in [0.29, 0.717) is 23.2 Å². The van der Waals surface area contributed by atoms with Crippen LogP contribution >= 0.6 is 11.8 Å². The smallest absolute Gasteiger partial charge is 0.227 e. The number of fused-ring (bicyclic) bond motifs is 1. The molecule has 1 aliphatic heterocycles. The number of rotatable bonds is 5. The highest BCUT2D eigenvalue weighted by Gasteiger charge is 2.21. The summed E-state index contributed by atoms with van der Waals surface area (Å²) in [5, 5.41) is 5.13. The minimum Gasteiger partial charge on any atom is -0.328 e. The van der Waals surface area contributed by atoms with Gasteiger partial charge in [-0.1, -0.05) is 24.3 Å². The summed E-state index contributed by atoms with van der Waals surface area (Å²) in [5.41, 5.74) is 9.60. The number of benzene rings is 2. The zero-order chi connectivity index (χ0) is 21.9. The topological polar surface area (TPSA) is 67.1 Å². The summed E-state index contributed by atoms with van der Waals surface area (Å²) in [7, 11) is 2.21. The third-order valence-corrected chi connectivity index (χ3v) is 8.33. The van der Waals surface area contributed by atoms with E-state index in [1.54, 1.807) is 0 Å². The number of likely N-dealkylation sites (tertiary alicyclic amines) is 1. The number of nitrogens with two attached hydrogens (primary N) is 1. The Balaban J connectivity index is 1.30. The highest BCUT2D eigenvalue weighted by Crippen LogP contribution is 2.36. The number of hydrogen-bond acceptors (Lipinski definition) is 6. The van der Waals surface area contributed by atoms with E-state index in [-0.39, 0.29) is 0 Å². The summed E-state index contributed by atoms with van der Waals surface area (Å²) in [6.45, 7) is 2.37. The van der Waals surface area contributed by atoms with Crippen molar-refractivity contribution >= 4 is 34.3 Å². The van der Waals surface area contributed by atoms with Crippen molar-refractivity contribution < 1.29 is 0 Å². The zero-order valence-corrected chi connectivity index (χ0v) is 19.7. The number of thioether (sulfide) groups is 1. The third-order valence-electron chi connectivity index (χ3n) is 6.94. The Labute approximate surface area is 195 Å². The first-order chi connectivity index (χ1) is 15.6. The zero-order valence-electron chi connectivity index (χ0n) is 18.8. The van der Waals surface area contributed by atoms with Gasteiger partial charge >= 0.3 is 0 Å². The van der Waals surface area contributed by atoms with Gasteiger partial charge in [-0.25, -0.2) is 9.97 Å². The molecular weight excluding hydrogens is 414 g/mol. The average Bonchev–Trinajstić information content (AvgIpc) is 2.82. The molecule has 0 spiro atoms. The summed E-state index contributed by atoms with van der Waals surface area (Å²) >= 11 is 1.95. The van der Waals surface area contributed by atoms with Crippen LogP contribution < -0.4 is 11.1 Å². The fraction of sp³-hybridized carbons (Fsp3) is 0.462. The molecule has 1 aromatic heterocycles. The first-order valence-electron chi connectivity index (χ1n) is 11.9. The number of anilines is 2. The molecule has 5 rings (SSSR count). The molecule has 0 atom stereocenters. The van der Waals surface area contributed by atoms with Gasteiger partial charge in [-0.2, -0.15) is 0 Å². The predicted octanol–water partition coefficient (Wildman–Crippen LogP) is 5.54. The van der Waals surface area contributed by atoms with Crippen LogP contribution in [0.5, 0.6) is 0 Å². The van der Waals surface area contributed by atoms with Crippen LogP contribution in [-0.2, 0) is 0 Å². The lowest BCUT2D eigenvalue weighted by molar-refractivity contribution is 0.255. The molecule has 1 saturated heterocycles. The standard InChI is InChI=1S/C26H33N5S/c1-31-15-13-19(14-16-31)18-5-9-22(10-6-18)29-26-28-17-20-3-2-4-24(25(20)30-26)32-23-11-7-21(27)8-12-23/h2-6,9-10,17,19,21,23H,7-8,11-16,27H2,1H3,(H,28,29,30). The largest absolute Gasteiger partial charge is 0.328 e. The maximum absolute atomic E-state index is 6.09. The van der Waals surface area contributed by atoms with Crippen molar-refractivity contribution in [3.05, 3.63) is 54.2 Å². The molecule has 6 heteroatoms. The molecule has 2 aliphatic rings. The second kappa shape index (κ2) is 9.77. The molecule has 2 aromatic carbocycles. The molecule has 0 amide bonds. The Morgan fingerprint density at radius 2 is 1.72 bits per heavy atom. The van der Waals surface area contributed by atoms with Crippen LogP contribution in [0.15, 0.2) is 53.6 Å². The third kappa shape index (κ3) is 5.08. The number of hydrogen-bond donors (Lipinski definition) is 2. The van der Waals surface area contributed by atoms with Crippen molar-refractivity contribution in [2.24, 2.45) is 5.73 Å². The van der Waals surface area contributed by atoms with E-state index in [4.69, 9.17) is 10.7 Å². The first-order valence-corrected chi connectivity index (χ1v) is 12.8. The average molecular weight is 448 g/mol. The van der Waals surface area contributed by atoms with Crippen LogP contribution in [0.1, 0.15) is 50.0 Å². The van der Waals surface area contributed by atoms with E-state index in [1.807, 2.05) is 18.0 Å². The number of aromatic nitrogens is 2. The predicted molar refractivity (Wildman–Crippen MR) is 135 cm³/mol. The van der Waals surface area contributed by atoms with Gasteiger partial charge in [0.05, 0.1) is 5.52 Å². The van der Waals surface area contributed by atoms with Gasteiger partial charge < -0.3 is 16.0 Å². The summed E-state index contributed by atoms with van der Waals surface area (Å²) in [5.74, 6) is 1.33. The van der Waals surface area contributed by atoms with Gasteiger partial charge in [-0.05, 0) is 88.3 Å². The second-order valence-electron chi connectivity index (χ2n) is 9.37. The summed E-state index contributed by atoms with van der Waals surface area (Å²) in [6, 6.07) is 15.6. The maximum atomic E-state index is 6.09. The lowest BCUT2D eigenvalue weighted by atomic mass is 9.89. The molecule has 2 fully saturated rings. The van der Waals surface area contributed by atoms with Gasteiger partial charge in [0.15, 0.2) is 0 Å². The van der Waals surface area contributed by atoms with Gasteiger partial charge in [-0.15, -0.1) is 11.8 Å². The minimum atomic E-state index is 0.378. The molecular formula is C26H33N5S. The molecule has 0 radical (unpaired) electrons. The maximum Gasteiger partial charge on any atom is 0.227 e. The van der Waals surface area contributed by atoms with Gasteiger partial charge in [0.2, 0.25) is 5.95 Å². The van der Waals surface area contributed by atoms with Crippen molar-refractivity contribution in [3.8, 4) is 0 Å². The van der Waals surface area contributed by atoms with Crippen LogP contribution in [0, 0.1) is 0 Å². The molecule has 1 aliphatic carbocycles. The van der Waals surface area contributed by atoms with Crippen molar-refractivity contribution in [2.75, 3.05) is 25.5 Å². The first kappa shape index (κ1) is 21.7. The van der Waals surface area contributed by atoms with E-state index in [9.17, 15) is 0 Å². The summed E-state index contributed by atoms with van der Waals surface area (Å²) in [6.07, 6.45) is 9.02. The van der Waals surface area contributed by atoms with Crippen molar-refractivity contribution in [3.63, 3.8) is 0 Å². The minimum absolute atomic E-state index is 0.378. The van der Waals surface area contributed by atoms with E-state index >= 15 is 0 Å². The number of para-hydroxylation sites is 1. The number of nitrogens with one attached hydrogen (secondary N) is 1. The molecule has 3 N–H and O–H groups in total. The fourth-order valence-electron chi connectivity index (χ4n) is 4.88. The number of piperidine rings is 1. The van der Waals surface area contributed by atoms with Crippen LogP contribution in [0.3, 0.4) is 0 Å². The lowest BCUT2D eigenvalue weighted by Crippen LogP contribution is -2.29. The summed E-state index contributed by atoms with van der Waals surface area (Å²) in [4.78, 5) is 13.1. The van der Waals surface area contributed by atoms with E-state index in [2.05, 4.69) is 64.7 Å². The van der Waals surface area contributed by atoms with Gasteiger partial charge in [0.1, 0.15) is 0 Å². The highest BCUT2D eigenvalue weighted by atomic mass is 32.2. The molecule has 168 valence electrons. The quantitative estimate of drug-likeness (QED) is 0.535. The Hall–Kier alpha value is -2.15. The fourth-order valence-corrected chi connectivity index (χ4v) is 6.18. The van der Waals surface area contributed by atoms with Gasteiger partial charge in [0.25, 0.3) is 0 Å². The monoisotopic (exact) mass is 447 g/mol. The van der Waals surface area contributed by atoms with Gasteiger partial charge in [-0.3, -0.25) is 0 Å². The van der Waals surface area contributed by atoms with Crippen LogP contribution in [0.2, 0.25) is 0 Å². The Bertz CT molecular complexity index is 1040. The van der Waals surface area contributed by atoms with Crippen molar-refractivity contribution in [2.45, 2.75) is 60.6 Å². The van der Waals surface area contributed by atoms with E-state index in [1.165, 1.54) is 49.2 Å². The van der Waals surface area contributed by atoms with Crippen LogP contribution in [0.4, 0.5) is 11.6 Å². The number of nitrogens with zero attached hydrogens (tertiary/aromatic N) is 3. The molecule has 3 aromatic rings. The second-order valence-corrected chi connectivity index (χ2v) is 10.7. The SMILES string of the molecule is CN1CCC(c2ccc(Nc3ncc4cccc(SC5CCC(N)CC5)c4n3)cc2)CC1. The molecule has 5 nitrogen and oxygen atoms in total. The molecule has 32 heavy (non-hydrogen) atoms. The van der Waals surface area contributed by atoms with E-state index in [0.717, 1.165) is 29.4 Å². The van der Waals surface area contributed by atoms with Gasteiger partial charge in [0, 0.05) is 33.5 Å². The Morgan fingerprint density at radius 3 is 2.47 bits per heavy atom. The molecule has 0 unspecified atom stereocenters. The lowest BCUT2D eigenvalue weighted by Gasteiger charge is -2.29. The molecule has 0 bridgehead atoms. The normalized spacial score (nSPS) is 22.8. The van der Waals surface area contributed by atoms with Crippen molar-refractivity contribution in [1.82, 2.24) is 14.9 Å². The summed E-state index contributed by atoms with van der Waals surface area (Å²) < 4.78 is 0. The van der Waals surface area contributed by atoms with Crippen LogP contribution in [0.25, 0.3) is 10.9 Å². The molecule has 2 heterocycles. The Morgan fingerprint density at radius 1 is 0.969 bits per heavy atom.